The Labute approximate surface area is 200 Å². The van der Waals surface area contributed by atoms with Gasteiger partial charge < -0.3 is 19.3 Å². The fourth-order valence-corrected chi connectivity index (χ4v) is 3.92. The molecule has 0 amide bonds. The highest BCUT2D eigenvalue weighted by molar-refractivity contribution is 6.42. The minimum absolute atomic E-state index is 0.0755. The zero-order valence-electron chi connectivity index (χ0n) is 18.3. The molecule has 0 spiro atoms. The zero-order chi connectivity index (χ0) is 24.5. The first kappa shape index (κ1) is 26.6. The molecule has 2 rings (SSSR count). The quantitative estimate of drug-likeness (QED) is 0.224. The Hall–Kier alpha value is -2.62. The molecule has 1 aromatic carbocycles. The summed E-state index contributed by atoms with van der Waals surface area (Å²) in [5.74, 6) is -3.16. The Kier molecular flexibility index (Phi) is 10.1. The van der Waals surface area contributed by atoms with Crippen molar-refractivity contribution in [3.8, 4) is 0 Å². The number of aliphatic hydroxyl groups is 1. The molecule has 1 aliphatic heterocycles. The number of aliphatic hydroxyl groups excluding tert-OH is 1. The van der Waals surface area contributed by atoms with Crippen LogP contribution < -0.4 is 0 Å². The Morgan fingerprint density at radius 1 is 1.36 bits per heavy atom. The van der Waals surface area contributed by atoms with Gasteiger partial charge in [0.1, 0.15) is 5.92 Å². The lowest BCUT2D eigenvalue weighted by Crippen LogP contribution is -2.37. The molecule has 0 fully saturated rings. The number of aliphatic imine (C=N–C) groups is 1. The number of hydrogen-bond acceptors (Lipinski definition) is 8. The van der Waals surface area contributed by atoms with Crippen molar-refractivity contribution in [1.29, 1.82) is 0 Å². The molecule has 1 heterocycles. The van der Waals surface area contributed by atoms with Crippen molar-refractivity contribution < 1.29 is 28.9 Å². The summed E-state index contributed by atoms with van der Waals surface area (Å²) in [6.45, 7) is 2.84. The van der Waals surface area contributed by atoms with E-state index in [4.69, 9.17) is 42.9 Å². The van der Waals surface area contributed by atoms with Gasteiger partial charge in [0, 0.05) is 16.5 Å². The Morgan fingerprint density at radius 2 is 2.09 bits per heavy atom. The van der Waals surface area contributed by atoms with E-state index in [1.54, 1.807) is 32.0 Å². The molecule has 1 N–H and O–H groups in total. The van der Waals surface area contributed by atoms with Gasteiger partial charge in [-0.15, -0.1) is 0 Å². The highest BCUT2D eigenvalue weighted by Crippen LogP contribution is 2.44. The number of esters is 2. The fourth-order valence-electron chi connectivity index (χ4n) is 3.50. The van der Waals surface area contributed by atoms with Gasteiger partial charge in [0.15, 0.2) is 0 Å². The molecule has 0 saturated carbocycles. The molecular weight excluding hydrogens is 475 g/mol. The molecule has 0 saturated heterocycles. The first-order chi connectivity index (χ1) is 15.8. The maximum absolute atomic E-state index is 13.1. The fraction of sp³-hybridized carbons (Fsp3) is 0.476. The van der Waals surface area contributed by atoms with Gasteiger partial charge >= 0.3 is 11.9 Å². The minimum atomic E-state index is -1.04. The molecule has 3 unspecified atom stereocenters. The molecular formula is C21H24Cl2N4O6. The second-order valence-electron chi connectivity index (χ2n) is 7.04. The number of hydrogen-bond donors (Lipinski definition) is 1. The maximum Gasteiger partial charge on any atom is 0.336 e. The van der Waals surface area contributed by atoms with Crippen LogP contribution >= 0.6 is 23.2 Å². The van der Waals surface area contributed by atoms with Gasteiger partial charge in [0.05, 0.1) is 60.9 Å². The van der Waals surface area contributed by atoms with Crippen LogP contribution in [0, 0.1) is 5.92 Å². The Bertz CT molecular complexity index is 1010. The summed E-state index contributed by atoms with van der Waals surface area (Å²) in [5.41, 5.74) is 9.46. The van der Waals surface area contributed by atoms with Gasteiger partial charge in [-0.05, 0) is 31.0 Å². The normalized spacial score (nSPS) is 18.8. The number of carbonyl (C=O) groups is 2. The van der Waals surface area contributed by atoms with Crippen LogP contribution in [0.1, 0.15) is 25.3 Å². The van der Waals surface area contributed by atoms with Crippen LogP contribution in [0.3, 0.4) is 0 Å². The summed E-state index contributed by atoms with van der Waals surface area (Å²) < 4.78 is 15.8. The van der Waals surface area contributed by atoms with E-state index in [0.29, 0.717) is 11.3 Å². The number of ether oxygens (including phenoxy) is 3. The van der Waals surface area contributed by atoms with E-state index >= 15 is 0 Å². The van der Waals surface area contributed by atoms with E-state index in [2.05, 4.69) is 15.0 Å². The van der Waals surface area contributed by atoms with Gasteiger partial charge in [-0.3, -0.25) is 9.79 Å². The van der Waals surface area contributed by atoms with Crippen molar-refractivity contribution in [2.45, 2.75) is 25.9 Å². The molecule has 1 aromatic rings. The van der Waals surface area contributed by atoms with Crippen LogP contribution in [0.2, 0.25) is 10.0 Å². The summed E-state index contributed by atoms with van der Waals surface area (Å²) in [6.07, 6.45) is -1.04. The van der Waals surface area contributed by atoms with Crippen molar-refractivity contribution >= 4 is 40.9 Å². The molecule has 3 atom stereocenters. The predicted molar refractivity (Wildman–Crippen MR) is 122 cm³/mol. The largest absolute Gasteiger partial charge is 0.468 e. The lowest BCUT2D eigenvalue weighted by Gasteiger charge is -2.32. The van der Waals surface area contributed by atoms with Gasteiger partial charge in [-0.25, -0.2) is 4.79 Å². The molecule has 0 aliphatic carbocycles. The molecule has 0 radical (unpaired) electrons. The average Bonchev–Trinajstić information content (AvgIpc) is 2.78. The molecule has 178 valence electrons. The molecule has 33 heavy (non-hydrogen) atoms. The van der Waals surface area contributed by atoms with Gasteiger partial charge in [0.2, 0.25) is 0 Å². The van der Waals surface area contributed by atoms with Crippen molar-refractivity contribution in [1.82, 2.24) is 0 Å². The number of methoxy groups -OCH3 is 1. The SMILES string of the molecule is CCOC(=O)C1=C(COCC(O)CN=[N+]=[N-])N=C(C)C(C(=O)OC)C1c1cccc(Cl)c1Cl. The van der Waals surface area contributed by atoms with Crippen molar-refractivity contribution in [3.63, 3.8) is 0 Å². The van der Waals surface area contributed by atoms with E-state index in [9.17, 15) is 14.7 Å². The highest BCUT2D eigenvalue weighted by atomic mass is 35.5. The van der Waals surface area contributed by atoms with Crippen molar-refractivity contribution in [2.24, 2.45) is 16.0 Å². The van der Waals surface area contributed by atoms with E-state index in [-0.39, 0.29) is 47.7 Å². The topological polar surface area (TPSA) is 143 Å². The lowest BCUT2D eigenvalue weighted by atomic mass is 9.75. The van der Waals surface area contributed by atoms with Crippen LogP contribution in [0.25, 0.3) is 10.4 Å². The predicted octanol–water partition coefficient (Wildman–Crippen LogP) is 3.85. The third kappa shape index (κ3) is 6.46. The van der Waals surface area contributed by atoms with Crippen molar-refractivity contribution in [3.05, 3.63) is 55.5 Å². The monoisotopic (exact) mass is 498 g/mol. The molecule has 0 bridgehead atoms. The first-order valence-electron chi connectivity index (χ1n) is 10.00. The average molecular weight is 499 g/mol. The van der Waals surface area contributed by atoms with E-state index in [1.165, 1.54) is 7.11 Å². The van der Waals surface area contributed by atoms with Gasteiger partial charge in [-0.2, -0.15) is 0 Å². The highest BCUT2D eigenvalue weighted by Gasteiger charge is 2.44. The molecule has 12 heteroatoms. The number of halogens is 2. The number of carbonyl (C=O) groups excluding carboxylic acids is 2. The number of nitrogens with zero attached hydrogens (tertiary/aromatic N) is 4. The Balaban J connectivity index is 2.58. The van der Waals surface area contributed by atoms with Crippen LogP contribution in [0.15, 0.2) is 39.6 Å². The summed E-state index contributed by atoms with van der Waals surface area (Å²) in [7, 11) is 1.24. The second-order valence-corrected chi connectivity index (χ2v) is 7.82. The van der Waals surface area contributed by atoms with Gasteiger partial charge in [-0.1, -0.05) is 40.4 Å². The first-order valence-corrected chi connectivity index (χ1v) is 10.8. The summed E-state index contributed by atoms with van der Waals surface area (Å²) in [5, 5.41) is 13.6. The summed E-state index contributed by atoms with van der Waals surface area (Å²) in [6, 6.07) is 4.91. The third-order valence-electron chi connectivity index (χ3n) is 4.89. The van der Waals surface area contributed by atoms with Crippen LogP contribution in [-0.2, 0) is 23.8 Å². The molecule has 10 nitrogen and oxygen atoms in total. The zero-order valence-corrected chi connectivity index (χ0v) is 19.8. The third-order valence-corrected chi connectivity index (χ3v) is 5.72. The van der Waals surface area contributed by atoms with E-state index in [1.807, 2.05) is 0 Å². The van der Waals surface area contributed by atoms with Gasteiger partial charge in [0.25, 0.3) is 0 Å². The van der Waals surface area contributed by atoms with Crippen LogP contribution in [-0.4, -0.2) is 62.3 Å². The maximum atomic E-state index is 13.1. The minimum Gasteiger partial charge on any atom is -0.468 e. The van der Waals surface area contributed by atoms with Crippen molar-refractivity contribution in [2.75, 3.05) is 33.5 Å². The molecule has 0 aromatic heterocycles. The standard InChI is InChI=1S/C21H24Cl2N4O6/c1-4-33-21(30)18-15(10-32-9-12(28)8-25-27-24)26-11(2)16(20(29)31-3)17(18)13-6-5-7-14(22)19(13)23/h5-7,12,16-17,28H,4,8-10H2,1-3H3. The summed E-state index contributed by atoms with van der Waals surface area (Å²) in [4.78, 5) is 32.8. The van der Waals surface area contributed by atoms with E-state index in [0.717, 1.165) is 0 Å². The second kappa shape index (κ2) is 12.6. The molecule has 1 aliphatic rings. The van der Waals surface area contributed by atoms with Crippen LogP contribution in [0.5, 0.6) is 0 Å². The Morgan fingerprint density at radius 3 is 2.73 bits per heavy atom. The van der Waals surface area contributed by atoms with E-state index < -0.39 is 29.9 Å². The number of benzene rings is 1. The lowest BCUT2D eigenvalue weighted by molar-refractivity contribution is -0.144. The van der Waals surface area contributed by atoms with Crippen LogP contribution in [0.4, 0.5) is 0 Å². The summed E-state index contributed by atoms with van der Waals surface area (Å²) >= 11 is 12.7. The smallest absolute Gasteiger partial charge is 0.336 e. The number of rotatable bonds is 10. The number of azide groups is 1.